The summed E-state index contributed by atoms with van der Waals surface area (Å²) >= 11 is 0. The number of tetrazole rings is 1. The van der Waals surface area contributed by atoms with Crippen LogP contribution < -0.4 is 0 Å². The summed E-state index contributed by atoms with van der Waals surface area (Å²) in [5.41, 5.74) is 5.04. The van der Waals surface area contributed by atoms with E-state index >= 15 is 0 Å². The molecular weight excluding hydrogens is 288 g/mol. The fraction of sp³-hybridized carbons (Fsp3) is 0.0588. The fourth-order valence-corrected chi connectivity index (χ4v) is 2.69. The van der Waals surface area contributed by atoms with Gasteiger partial charge < -0.3 is 0 Å². The first kappa shape index (κ1) is 13.4. The highest BCUT2D eigenvalue weighted by Gasteiger charge is 2.13. The Morgan fingerprint density at radius 1 is 0.957 bits per heavy atom. The number of aryl methyl sites for hydroxylation is 1. The van der Waals surface area contributed by atoms with Crippen molar-refractivity contribution in [3.63, 3.8) is 0 Å². The van der Waals surface area contributed by atoms with Crippen molar-refractivity contribution in [1.29, 1.82) is 0 Å². The molecule has 0 unspecified atom stereocenters. The van der Waals surface area contributed by atoms with Gasteiger partial charge in [0.15, 0.2) is 0 Å². The van der Waals surface area contributed by atoms with Gasteiger partial charge in [-0.25, -0.2) is 0 Å². The van der Waals surface area contributed by atoms with E-state index in [1.807, 2.05) is 43.3 Å². The van der Waals surface area contributed by atoms with E-state index < -0.39 is 0 Å². The number of aromatic amines is 2. The minimum atomic E-state index is 0.587. The smallest absolute Gasteiger partial charge is 0.204 e. The van der Waals surface area contributed by atoms with Crippen molar-refractivity contribution in [1.82, 2.24) is 30.8 Å². The largest absolute Gasteiger partial charge is 0.277 e. The monoisotopic (exact) mass is 302 g/mol. The van der Waals surface area contributed by atoms with Crippen LogP contribution in [0.25, 0.3) is 34.4 Å². The maximum Gasteiger partial charge on any atom is 0.204 e. The lowest BCUT2D eigenvalue weighted by Crippen LogP contribution is -1.88. The fourth-order valence-electron chi connectivity index (χ4n) is 2.69. The van der Waals surface area contributed by atoms with Crippen LogP contribution in [0.15, 0.2) is 42.5 Å². The molecule has 6 heteroatoms. The van der Waals surface area contributed by atoms with Crippen molar-refractivity contribution in [3.8, 4) is 11.4 Å². The Kier molecular flexibility index (Phi) is 3.20. The van der Waals surface area contributed by atoms with Crippen LogP contribution in [0.5, 0.6) is 0 Å². The molecule has 0 radical (unpaired) electrons. The third kappa shape index (κ3) is 2.40. The quantitative estimate of drug-likeness (QED) is 0.608. The van der Waals surface area contributed by atoms with Gasteiger partial charge in [0, 0.05) is 10.9 Å². The number of H-pyrrole nitrogens is 2. The van der Waals surface area contributed by atoms with E-state index in [-0.39, 0.29) is 0 Å². The maximum atomic E-state index is 4.42. The molecule has 0 amide bonds. The molecule has 23 heavy (non-hydrogen) atoms. The first-order chi connectivity index (χ1) is 11.3. The SMILES string of the molecule is Cc1c(-c2nn[nH]n2)ccc2[nH]nc(C=Cc3ccccc3)c12. The molecule has 0 aliphatic carbocycles. The highest BCUT2D eigenvalue weighted by molar-refractivity contribution is 5.95. The number of fused-ring (bicyclic) bond motifs is 1. The van der Waals surface area contributed by atoms with Crippen molar-refractivity contribution in [2.24, 2.45) is 0 Å². The van der Waals surface area contributed by atoms with Crippen LogP contribution in [-0.2, 0) is 0 Å². The Labute approximate surface area is 132 Å². The number of nitrogens with zero attached hydrogens (tertiary/aromatic N) is 4. The normalized spacial score (nSPS) is 11.5. The second-order valence-electron chi connectivity index (χ2n) is 5.25. The second-order valence-corrected chi connectivity index (χ2v) is 5.25. The van der Waals surface area contributed by atoms with Gasteiger partial charge in [-0.2, -0.15) is 10.3 Å². The summed E-state index contributed by atoms with van der Waals surface area (Å²) in [6, 6.07) is 14.1. The van der Waals surface area contributed by atoms with Crippen molar-refractivity contribution in [2.45, 2.75) is 6.92 Å². The molecule has 2 aromatic carbocycles. The maximum absolute atomic E-state index is 4.42. The van der Waals surface area contributed by atoms with Gasteiger partial charge in [-0.05, 0) is 41.5 Å². The molecule has 4 rings (SSSR count). The summed E-state index contributed by atoms with van der Waals surface area (Å²) in [7, 11) is 0. The Morgan fingerprint density at radius 3 is 2.61 bits per heavy atom. The number of benzene rings is 2. The van der Waals surface area contributed by atoms with E-state index in [0.717, 1.165) is 33.3 Å². The molecule has 0 aliphatic rings. The average Bonchev–Trinajstić information content (AvgIpc) is 3.24. The molecular formula is C17H14N6. The van der Waals surface area contributed by atoms with Crippen LogP contribution in [0.3, 0.4) is 0 Å². The van der Waals surface area contributed by atoms with Gasteiger partial charge in [0.2, 0.25) is 5.82 Å². The van der Waals surface area contributed by atoms with E-state index in [9.17, 15) is 0 Å². The lowest BCUT2D eigenvalue weighted by atomic mass is 10.0. The standard InChI is InChI=1S/C17H14N6/c1-11-13(17-20-22-23-21-17)8-10-15-16(11)14(18-19-15)9-7-12-5-3-2-4-6-12/h2-10H,1H3,(H,18,19)(H,20,21,22,23). The first-order valence-corrected chi connectivity index (χ1v) is 7.27. The van der Waals surface area contributed by atoms with Gasteiger partial charge in [-0.15, -0.1) is 10.2 Å². The molecule has 6 nitrogen and oxygen atoms in total. The molecule has 0 atom stereocenters. The Balaban J connectivity index is 1.82. The summed E-state index contributed by atoms with van der Waals surface area (Å²) in [6.07, 6.45) is 4.07. The predicted molar refractivity (Wildman–Crippen MR) is 89.4 cm³/mol. The molecule has 4 aromatic rings. The predicted octanol–water partition coefficient (Wildman–Crippen LogP) is 3.22. The molecule has 0 spiro atoms. The third-order valence-electron chi connectivity index (χ3n) is 3.84. The minimum Gasteiger partial charge on any atom is -0.277 e. The van der Waals surface area contributed by atoms with E-state index in [1.54, 1.807) is 0 Å². The highest BCUT2D eigenvalue weighted by Crippen LogP contribution is 2.29. The summed E-state index contributed by atoms with van der Waals surface area (Å²) in [5.74, 6) is 0.587. The zero-order valence-electron chi connectivity index (χ0n) is 12.5. The van der Waals surface area contributed by atoms with Crippen LogP contribution in [0.4, 0.5) is 0 Å². The zero-order valence-corrected chi connectivity index (χ0v) is 12.5. The number of nitrogens with one attached hydrogen (secondary N) is 2. The van der Waals surface area contributed by atoms with E-state index in [4.69, 9.17) is 0 Å². The Bertz CT molecular complexity index is 967. The molecule has 0 aliphatic heterocycles. The van der Waals surface area contributed by atoms with Crippen LogP contribution in [0, 0.1) is 6.92 Å². The van der Waals surface area contributed by atoms with Crippen molar-refractivity contribution in [3.05, 3.63) is 59.3 Å². The topological polar surface area (TPSA) is 83.1 Å². The first-order valence-electron chi connectivity index (χ1n) is 7.27. The van der Waals surface area contributed by atoms with E-state index in [0.29, 0.717) is 5.82 Å². The molecule has 0 bridgehead atoms. The van der Waals surface area contributed by atoms with Gasteiger partial charge in [-0.3, -0.25) is 5.10 Å². The van der Waals surface area contributed by atoms with Crippen LogP contribution in [0.2, 0.25) is 0 Å². The molecule has 2 aromatic heterocycles. The van der Waals surface area contributed by atoms with Gasteiger partial charge in [-0.1, -0.05) is 36.4 Å². The summed E-state index contributed by atoms with van der Waals surface area (Å²) in [5, 5.41) is 22.8. The number of rotatable bonds is 3. The highest BCUT2D eigenvalue weighted by atomic mass is 15.5. The Morgan fingerprint density at radius 2 is 1.83 bits per heavy atom. The lowest BCUT2D eigenvalue weighted by Gasteiger charge is -2.03. The van der Waals surface area contributed by atoms with Crippen molar-refractivity contribution in [2.75, 3.05) is 0 Å². The van der Waals surface area contributed by atoms with Crippen LogP contribution in [-0.4, -0.2) is 30.8 Å². The van der Waals surface area contributed by atoms with Crippen molar-refractivity contribution >= 4 is 23.1 Å². The van der Waals surface area contributed by atoms with Crippen molar-refractivity contribution < 1.29 is 0 Å². The number of hydrogen-bond acceptors (Lipinski definition) is 4. The van der Waals surface area contributed by atoms with E-state index in [2.05, 4.69) is 49.0 Å². The summed E-state index contributed by atoms with van der Waals surface area (Å²) < 4.78 is 0. The second kappa shape index (κ2) is 5.49. The van der Waals surface area contributed by atoms with Gasteiger partial charge >= 0.3 is 0 Å². The van der Waals surface area contributed by atoms with Gasteiger partial charge in [0.05, 0.1) is 11.2 Å². The number of hydrogen-bond donors (Lipinski definition) is 2. The molecule has 112 valence electrons. The van der Waals surface area contributed by atoms with Gasteiger partial charge in [0.25, 0.3) is 0 Å². The average molecular weight is 302 g/mol. The van der Waals surface area contributed by atoms with Crippen LogP contribution >= 0.6 is 0 Å². The molecule has 0 saturated carbocycles. The molecule has 2 N–H and O–H groups in total. The van der Waals surface area contributed by atoms with Gasteiger partial charge in [0.1, 0.15) is 0 Å². The van der Waals surface area contributed by atoms with Crippen LogP contribution in [0.1, 0.15) is 16.8 Å². The van der Waals surface area contributed by atoms with E-state index in [1.165, 1.54) is 0 Å². The third-order valence-corrected chi connectivity index (χ3v) is 3.84. The molecule has 0 fully saturated rings. The Hall–Kier alpha value is -3.28. The number of aromatic nitrogens is 6. The minimum absolute atomic E-state index is 0.587. The lowest BCUT2D eigenvalue weighted by molar-refractivity contribution is 0.881. The summed E-state index contributed by atoms with van der Waals surface area (Å²) in [4.78, 5) is 0. The molecule has 2 heterocycles. The summed E-state index contributed by atoms with van der Waals surface area (Å²) in [6.45, 7) is 2.05. The molecule has 0 saturated heterocycles. The zero-order chi connectivity index (χ0) is 15.6.